The lowest BCUT2D eigenvalue weighted by molar-refractivity contribution is 0.0712. The summed E-state index contributed by atoms with van der Waals surface area (Å²) < 4.78 is 23.1. The molecule has 2 heterocycles. The highest BCUT2D eigenvalue weighted by Gasteiger charge is 2.31. The van der Waals surface area contributed by atoms with Crippen LogP contribution in [-0.4, -0.2) is 48.3 Å². The number of carbonyl (C=O) groups excluding carboxylic acids is 1. The molecule has 0 aromatic carbocycles. The number of nitrogens with zero attached hydrogens (tertiary/aromatic N) is 2. The average molecular weight is 297 g/mol. The number of aromatic nitrogens is 1. The van der Waals surface area contributed by atoms with E-state index in [0.29, 0.717) is 17.8 Å². The minimum absolute atomic E-state index is 0.0138. The molecule has 6 nitrogen and oxygen atoms in total. The molecule has 1 saturated heterocycles. The van der Waals surface area contributed by atoms with Crippen molar-refractivity contribution in [1.29, 1.82) is 0 Å². The van der Waals surface area contributed by atoms with E-state index < -0.39 is 9.84 Å². The maximum atomic E-state index is 12.5. The van der Waals surface area contributed by atoms with Gasteiger partial charge in [-0.25, -0.2) is 13.4 Å². The van der Waals surface area contributed by atoms with E-state index in [1.807, 2.05) is 6.92 Å². The standard InChI is InChI=1S/C13H19N3O3S/c1-3-11-6-10(7-12(14)15-11)13(17)16-4-5-20(18,19)8-9(16)2/h6-7,9H,3-5,8H2,1-2H3,(H2,14,15). The molecule has 0 radical (unpaired) electrons. The number of nitrogens with two attached hydrogens (primary N) is 1. The second-order valence-electron chi connectivity index (χ2n) is 5.09. The summed E-state index contributed by atoms with van der Waals surface area (Å²) in [6.45, 7) is 3.91. The number of hydrogen-bond acceptors (Lipinski definition) is 5. The van der Waals surface area contributed by atoms with Gasteiger partial charge in [-0.05, 0) is 25.5 Å². The van der Waals surface area contributed by atoms with Crippen molar-refractivity contribution in [2.45, 2.75) is 26.3 Å². The SMILES string of the molecule is CCc1cc(C(=O)N2CCS(=O)(=O)CC2C)cc(N)n1. The Hall–Kier alpha value is -1.63. The third-order valence-corrected chi connectivity index (χ3v) is 5.23. The molecule has 1 fully saturated rings. The van der Waals surface area contributed by atoms with Crippen molar-refractivity contribution in [2.24, 2.45) is 0 Å². The van der Waals surface area contributed by atoms with Gasteiger partial charge in [0.25, 0.3) is 5.91 Å². The third kappa shape index (κ3) is 3.09. The zero-order chi connectivity index (χ0) is 14.9. The maximum Gasteiger partial charge on any atom is 0.254 e. The van der Waals surface area contributed by atoms with Crippen LogP contribution in [0, 0.1) is 0 Å². The quantitative estimate of drug-likeness (QED) is 0.857. The van der Waals surface area contributed by atoms with E-state index in [9.17, 15) is 13.2 Å². The number of nitrogen functional groups attached to an aromatic ring is 1. The van der Waals surface area contributed by atoms with Crippen molar-refractivity contribution in [3.8, 4) is 0 Å². The molecule has 7 heteroatoms. The molecule has 1 aliphatic rings. The van der Waals surface area contributed by atoms with Crippen LogP contribution in [-0.2, 0) is 16.3 Å². The Morgan fingerprint density at radius 3 is 2.80 bits per heavy atom. The largest absolute Gasteiger partial charge is 0.384 e. The second-order valence-corrected chi connectivity index (χ2v) is 7.32. The summed E-state index contributed by atoms with van der Waals surface area (Å²) in [5.41, 5.74) is 6.93. The molecule has 2 rings (SSSR count). The van der Waals surface area contributed by atoms with Gasteiger partial charge in [0.05, 0.1) is 11.5 Å². The Labute approximate surface area is 118 Å². The summed E-state index contributed by atoms with van der Waals surface area (Å²) in [4.78, 5) is 18.2. The smallest absolute Gasteiger partial charge is 0.254 e. The number of rotatable bonds is 2. The predicted molar refractivity (Wildman–Crippen MR) is 77.2 cm³/mol. The normalized spacial score (nSPS) is 21.7. The summed E-state index contributed by atoms with van der Waals surface area (Å²) in [5, 5.41) is 0. The summed E-state index contributed by atoms with van der Waals surface area (Å²) >= 11 is 0. The Morgan fingerprint density at radius 1 is 1.50 bits per heavy atom. The Balaban J connectivity index is 2.26. The van der Waals surface area contributed by atoms with Gasteiger partial charge in [0, 0.05) is 23.8 Å². The zero-order valence-corrected chi connectivity index (χ0v) is 12.5. The number of sulfone groups is 1. The molecule has 0 saturated carbocycles. The lowest BCUT2D eigenvalue weighted by Crippen LogP contribution is -2.49. The van der Waals surface area contributed by atoms with Gasteiger partial charge in [-0.2, -0.15) is 0 Å². The van der Waals surface area contributed by atoms with Gasteiger partial charge in [-0.15, -0.1) is 0 Å². The van der Waals surface area contributed by atoms with Crippen LogP contribution >= 0.6 is 0 Å². The fraction of sp³-hybridized carbons (Fsp3) is 0.538. The molecule has 1 aliphatic heterocycles. The molecule has 20 heavy (non-hydrogen) atoms. The van der Waals surface area contributed by atoms with Crippen LogP contribution in [0.15, 0.2) is 12.1 Å². The Bertz CT molecular complexity index is 628. The first kappa shape index (κ1) is 14.8. The molecular formula is C13H19N3O3S. The van der Waals surface area contributed by atoms with Crippen molar-refractivity contribution in [3.05, 3.63) is 23.4 Å². The molecule has 2 N–H and O–H groups in total. The highest BCUT2D eigenvalue weighted by molar-refractivity contribution is 7.91. The second kappa shape index (κ2) is 5.40. The van der Waals surface area contributed by atoms with Gasteiger partial charge >= 0.3 is 0 Å². The van der Waals surface area contributed by atoms with E-state index in [1.54, 1.807) is 17.9 Å². The van der Waals surface area contributed by atoms with E-state index in [2.05, 4.69) is 4.98 Å². The topological polar surface area (TPSA) is 93.4 Å². The molecule has 0 spiro atoms. The first-order valence-electron chi connectivity index (χ1n) is 6.60. The van der Waals surface area contributed by atoms with Crippen molar-refractivity contribution in [3.63, 3.8) is 0 Å². The highest BCUT2D eigenvalue weighted by Crippen LogP contribution is 2.17. The van der Waals surface area contributed by atoms with Gasteiger partial charge < -0.3 is 10.6 Å². The zero-order valence-electron chi connectivity index (χ0n) is 11.7. The van der Waals surface area contributed by atoms with E-state index in [1.165, 1.54) is 6.07 Å². The van der Waals surface area contributed by atoms with Crippen LogP contribution < -0.4 is 5.73 Å². The molecule has 1 unspecified atom stereocenters. The van der Waals surface area contributed by atoms with Gasteiger partial charge in [-0.1, -0.05) is 6.92 Å². The summed E-state index contributed by atoms with van der Waals surface area (Å²) in [5.74, 6) is 0.158. The van der Waals surface area contributed by atoms with Crippen LogP contribution in [0.4, 0.5) is 5.82 Å². The first-order chi connectivity index (χ1) is 9.32. The number of anilines is 1. The molecule has 1 atom stereocenters. The Kier molecular flexibility index (Phi) is 3.99. The summed E-state index contributed by atoms with van der Waals surface area (Å²) in [7, 11) is -3.03. The molecule has 0 bridgehead atoms. The number of hydrogen-bond donors (Lipinski definition) is 1. The average Bonchev–Trinajstić information content (AvgIpc) is 2.36. The lowest BCUT2D eigenvalue weighted by Gasteiger charge is -2.33. The maximum absolute atomic E-state index is 12.5. The van der Waals surface area contributed by atoms with Gasteiger partial charge in [0.1, 0.15) is 5.82 Å². The Morgan fingerprint density at radius 2 is 2.20 bits per heavy atom. The lowest BCUT2D eigenvalue weighted by atomic mass is 10.1. The first-order valence-corrected chi connectivity index (χ1v) is 8.42. The summed E-state index contributed by atoms with van der Waals surface area (Å²) in [6.07, 6.45) is 0.690. The van der Waals surface area contributed by atoms with E-state index in [-0.39, 0.29) is 30.0 Å². The van der Waals surface area contributed by atoms with Crippen molar-refractivity contribution >= 4 is 21.6 Å². The number of pyridine rings is 1. The fourth-order valence-corrected chi connectivity index (χ4v) is 3.94. The molecule has 1 amide bonds. The molecule has 110 valence electrons. The number of aryl methyl sites for hydroxylation is 1. The van der Waals surface area contributed by atoms with Crippen molar-refractivity contribution in [2.75, 3.05) is 23.8 Å². The molecule has 0 aliphatic carbocycles. The molecule has 1 aromatic rings. The number of amides is 1. The van der Waals surface area contributed by atoms with E-state index in [4.69, 9.17) is 5.73 Å². The van der Waals surface area contributed by atoms with Crippen LogP contribution in [0.25, 0.3) is 0 Å². The van der Waals surface area contributed by atoms with E-state index in [0.717, 1.165) is 5.69 Å². The fourth-order valence-electron chi connectivity index (χ4n) is 2.38. The van der Waals surface area contributed by atoms with Crippen LogP contribution in [0.3, 0.4) is 0 Å². The van der Waals surface area contributed by atoms with Gasteiger partial charge in [0.15, 0.2) is 9.84 Å². The van der Waals surface area contributed by atoms with Gasteiger partial charge in [0.2, 0.25) is 0 Å². The van der Waals surface area contributed by atoms with E-state index >= 15 is 0 Å². The highest BCUT2D eigenvalue weighted by atomic mass is 32.2. The predicted octanol–water partition coefficient (Wildman–Crippen LogP) is 0.485. The third-order valence-electron chi connectivity index (χ3n) is 3.44. The van der Waals surface area contributed by atoms with Crippen LogP contribution in [0.2, 0.25) is 0 Å². The summed E-state index contributed by atoms with van der Waals surface area (Å²) in [6, 6.07) is 2.94. The van der Waals surface area contributed by atoms with Crippen LogP contribution in [0.5, 0.6) is 0 Å². The minimum Gasteiger partial charge on any atom is -0.384 e. The van der Waals surface area contributed by atoms with Crippen molar-refractivity contribution in [1.82, 2.24) is 9.88 Å². The van der Waals surface area contributed by atoms with Gasteiger partial charge in [-0.3, -0.25) is 4.79 Å². The van der Waals surface area contributed by atoms with Crippen molar-refractivity contribution < 1.29 is 13.2 Å². The van der Waals surface area contributed by atoms with Crippen LogP contribution in [0.1, 0.15) is 29.9 Å². The molecular weight excluding hydrogens is 278 g/mol. The number of carbonyl (C=O) groups is 1. The molecule has 1 aromatic heterocycles. The minimum atomic E-state index is -3.03. The monoisotopic (exact) mass is 297 g/mol.